The SMILES string of the molecule is COC(=O)c1nc(-c2ccc(F)cc2)cnc1N.COC(=O)c1nc(Br)cnc1N.COP(=O)(CS(=O)(=O)c1ccc(CC(=O)c2nc(-c3ccc(F)cc3)cnc2N)cc1)OC.COP(=O)(CS(=O)(=O)c1ccc(N)cc1)OC.Nc1ncc(-c2ccc(F)cc2)nc1C(=O)O.OB(O)c1ccc(F)cc1. The molecule has 42 heteroatoms. The number of nitrogen functional groups attached to an aromatic ring is 5. The molecule has 0 spiro atoms. The van der Waals surface area contributed by atoms with Crippen molar-refractivity contribution in [1.82, 2.24) is 39.9 Å². The van der Waals surface area contributed by atoms with Gasteiger partial charge in [-0.2, -0.15) is 0 Å². The largest absolute Gasteiger partial charge is 0.488 e. The van der Waals surface area contributed by atoms with E-state index in [1.165, 1.54) is 185 Å². The van der Waals surface area contributed by atoms with E-state index in [-0.39, 0.29) is 79.7 Å². The minimum absolute atomic E-state index is 0.00675. The number of benzene rings is 6. The van der Waals surface area contributed by atoms with Crippen molar-refractivity contribution >= 4 is 116 Å². The summed E-state index contributed by atoms with van der Waals surface area (Å²) in [5.74, 6) is -4.61. The summed E-state index contributed by atoms with van der Waals surface area (Å²) in [5, 5.41) is 25.9. The van der Waals surface area contributed by atoms with E-state index in [9.17, 15) is 62.7 Å². The Kier molecular flexibility index (Phi) is 32.4. The quantitative estimate of drug-likeness (QED) is 0.00887. The van der Waals surface area contributed by atoms with Crippen LogP contribution in [0.15, 0.2) is 185 Å². The number of carboxylic acids is 1. The molecule has 10 aromatic rings. The topological polar surface area (TPSA) is 520 Å². The third-order valence-corrected chi connectivity index (χ3v) is 23.5. The van der Waals surface area contributed by atoms with E-state index in [1.807, 2.05) is 0 Å². The van der Waals surface area contributed by atoms with Crippen molar-refractivity contribution in [2.45, 2.75) is 16.2 Å². The van der Waals surface area contributed by atoms with Gasteiger partial charge >= 0.3 is 40.2 Å². The van der Waals surface area contributed by atoms with Crippen LogP contribution in [0.2, 0.25) is 0 Å². The van der Waals surface area contributed by atoms with Crippen LogP contribution >= 0.6 is 31.1 Å². The van der Waals surface area contributed by atoms with Gasteiger partial charge in [-0.1, -0.05) is 24.3 Å². The van der Waals surface area contributed by atoms with Crippen LogP contribution in [0.1, 0.15) is 47.5 Å². The lowest BCUT2D eigenvalue weighted by molar-refractivity contribution is 0.0586. The van der Waals surface area contributed by atoms with E-state index in [2.05, 4.69) is 74.3 Å². The minimum Gasteiger partial charge on any atom is -0.476 e. The standard InChI is InChI=1S/C21H21FN3O6PS.C12H10FN3O2.C11H8FN3O2.C9H14NO5PS.C6H6BFO2.C6H6BrN3O2/c1-30-32(27,31-2)13-33(28,29)17-9-3-14(4-10-17)11-19(26)20-21(23)24-12-18(25-20)15-5-7-16(22)8-6-15;1-18-12(17)10-11(14)15-6-9(16-10)7-2-4-8(13)5-3-7;12-7-3-1-6(2-4-7)8-5-14-10(13)9(15-8)11(16)17;1-14-16(11,15-2)7-17(12,13)9-5-3-8(10)4-6-9;8-6-3-1-5(2-4-6)7(9)10;1-12-6(11)4-5(8)9-2-3(7)10-4/h3-10,12H,11,13H2,1-2H3,(H2,23,24);2-6H,1H3,(H2,14,15);1-5H,(H2,13,14)(H,16,17);3-6H,7,10H2,1-2H3;1-4,9-10H;2H,1H3,(H2,8,9). The van der Waals surface area contributed by atoms with Crippen LogP contribution in [0.3, 0.4) is 0 Å². The molecule has 0 bridgehead atoms. The van der Waals surface area contributed by atoms with Crippen LogP contribution in [-0.4, -0.2) is 156 Å². The zero-order valence-electron chi connectivity index (χ0n) is 56.8. The number of methoxy groups -OCH3 is 2. The Labute approximate surface area is 616 Å². The van der Waals surface area contributed by atoms with Crippen LogP contribution in [0.4, 0.5) is 46.5 Å². The first-order chi connectivity index (χ1) is 50.4. The van der Waals surface area contributed by atoms with Crippen LogP contribution in [0, 0.1) is 23.3 Å². The second kappa shape index (κ2) is 40.0. The first kappa shape index (κ1) is 86.7. The number of Topliss-reactive ketones (excluding diaryl/α,β-unsaturated/α-hetero) is 1. The van der Waals surface area contributed by atoms with Crippen molar-refractivity contribution in [3.8, 4) is 33.8 Å². The number of halogens is 5. The van der Waals surface area contributed by atoms with Crippen molar-refractivity contribution < 1.29 is 105 Å². The van der Waals surface area contributed by atoms with E-state index in [1.54, 1.807) is 0 Å². The van der Waals surface area contributed by atoms with Gasteiger partial charge in [0.25, 0.3) is 0 Å². The molecule has 10 rings (SSSR count). The van der Waals surface area contributed by atoms with Crippen LogP contribution < -0.4 is 34.1 Å². The minimum atomic E-state index is -3.95. The molecule has 0 aliphatic heterocycles. The van der Waals surface area contributed by atoms with Crippen molar-refractivity contribution in [2.24, 2.45) is 0 Å². The summed E-state index contributed by atoms with van der Waals surface area (Å²) in [7, 11) is -9.59. The summed E-state index contributed by atoms with van der Waals surface area (Å²) in [6.07, 6.45) is 5.43. The van der Waals surface area contributed by atoms with E-state index in [4.69, 9.17) is 52.9 Å². The molecule has 13 N–H and O–H groups in total. The molecule has 0 unspecified atom stereocenters. The lowest BCUT2D eigenvalue weighted by atomic mass is 9.80. The van der Waals surface area contributed by atoms with Gasteiger partial charge in [0, 0.05) is 57.2 Å². The molecule has 0 aliphatic carbocycles. The molecule has 0 saturated heterocycles. The predicted octanol–water partition coefficient (Wildman–Crippen LogP) is 8.32. The highest BCUT2D eigenvalue weighted by molar-refractivity contribution is 9.10. The highest BCUT2D eigenvalue weighted by atomic mass is 79.9. The van der Waals surface area contributed by atoms with Crippen LogP contribution in [0.5, 0.6) is 0 Å². The molecule has 0 saturated carbocycles. The van der Waals surface area contributed by atoms with Gasteiger partial charge in [0.05, 0.1) is 65.9 Å². The number of aromatic nitrogens is 8. The van der Waals surface area contributed by atoms with Gasteiger partial charge in [0.2, 0.25) is 0 Å². The van der Waals surface area contributed by atoms with E-state index in [0.29, 0.717) is 55.1 Å². The molecule has 32 nitrogen and oxygen atoms in total. The van der Waals surface area contributed by atoms with Crippen molar-refractivity contribution in [1.29, 1.82) is 0 Å². The number of rotatable bonds is 20. The molecule has 0 radical (unpaired) electrons. The van der Waals surface area contributed by atoms with Crippen molar-refractivity contribution in [2.75, 3.05) is 82.3 Å². The Hall–Kier alpha value is -10.9. The number of hydrogen-bond donors (Lipinski definition) is 8. The van der Waals surface area contributed by atoms with Gasteiger partial charge < -0.3 is 71.4 Å². The zero-order chi connectivity index (χ0) is 79.6. The van der Waals surface area contributed by atoms with Gasteiger partial charge in [-0.25, -0.2) is 88.7 Å². The highest BCUT2D eigenvalue weighted by Crippen LogP contribution is 2.49. The third kappa shape index (κ3) is 26.3. The first-order valence-corrected chi connectivity index (χ1v) is 37.3. The molecule has 0 aliphatic rings. The molecule has 564 valence electrons. The fourth-order valence-corrected chi connectivity index (χ4v) is 15.9. The average Bonchev–Trinajstić information content (AvgIpc) is 0.837. The lowest BCUT2D eigenvalue weighted by Gasteiger charge is -2.14. The average molecular weight is 1630 g/mol. The molecule has 0 fully saturated rings. The molecule has 4 heterocycles. The Morgan fingerprint density at radius 1 is 0.449 bits per heavy atom. The molecule has 0 amide bonds. The molecule has 6 aromatic carbocycles. The van der Waals surface area contributed by atoms with Gasteiger partial charge in [0.1, 0.15) is 33.6 Å². The first-order valence-electron chi connectivity index (χ1n) is 29.7. The number of carbonyl (C=O) groups excluding carboxylic acids is 3. The second-order valence-corrected chi connectivity index (χ2v) is 31.1. The fourth-order valence-electron chi connectivity index (χ4n) is 8.03. The number of nitrogens with zero attached hydrogens (tertiary/aromatic N) is 8. The molecule has 4 aromatic heterocycles. The van der Waals surface area contributed by atoms with E-state index < -0.39 is 82.5 Å². The number of hydrogen-bond acceptors (Lipinski definition) is 31. The third-order valence-electron chi connectivity index (χ3n) is 13.6. The number of esters is 2. The van der Waals surface area contributed by atoms with Gasteiger partial charge in [-0.15, -0.1) is 0 Å². The second-order valence-electron chi connectivity index (χ2n) is 20.9. The smallest absolute Gasteiger partial charge is 0.476 e. The normalized spacial score (nSPS) is 11.0. The number of sulfone groups is 2. The van der Waals surface area contributed by atoms with Gasteiger partial charge in [-0.05, 0) is 148 Å². The summed E-state index contributed by atoms with van der Waals surface area (Å²) in [6, 6.07) is 32.8. The molecular formula is C65H65BBrF4N13O19P2S2. The Balaban J connectivity index is 0.000000241. The summed E-state index contributed by atoms with van der Waals surface area (Å²) >= 11 is 3.06. The number of anilines is 5. The number of nitrogens with two attached hydrogens (primary N) is 5. The Morgan fingerprint density at radius 3 is 1.10 bits per heavy atom. The zero-order valence-corrected chi connectivity index (χ0v) is 61.8. The molecular weight excluding hydrogens is 1560 g/mol. The summed E-state index contributed by atoms with van der Waals surface area (Å²) < 4.78 is 152. The summed E-state index contributed by atoms with van der Waals surface area (Å²) in [4.78, 5) is 77.2. The molecule has 0 atom stereocenters. The molecule has 107 heavy (non-hydrogen) atoms. The fraction of sp³-hybridized carbons (Fsp3) is 0.138. The number of ether oxygens (including phenoxy) is 2. The Bertz CT molecular complexity index is 5060. The predicted molar refractivity (Wildman–Crippen MR) is 388 cm³/mol. The van der Waals surface area contributed by atoms with Crippen LogP contribution in [-0.2, 0) is 62.8 Å². The highest BCUT2D eigenvalue weighted by Gasteiger charge is 2.33. The number of carboxylic acid groups (broad SMARTS) is 1. The maximum absolute atomic E-state index is 13.2. The lowest BCUT2D eigenvalue weighted by Crippen LogP contribution is -2.29. The van der Waals surface area contributed by atoms with E-state index >= 15 is 0 Å². The van der Waals surface area contributed by atoms with Gasteiger partial charge in [0.15, 0.2) is 76.8 Å². The van der Waals surface area contributed by atoms with Crippen molar-refractivity contribution in [3.63, 3.8) is 0 Å². The number of aromatic carboxylic acids is 1. The summed E-state index contributed by atoms with van der Waals surface area (Å²) in [5.41, 5.74) is 29.8. The monoisotopic (exact) mass is 1620 g/mol. The number of carbonyl (C=O) groups is 4. The Morgan fingerprint density at radius 2 is 0.757 bits per heavy atom. The summed E-state index contributed by atoms with van der Waals surface area (Å²) in [6.45, 7) is 0. The number of ketones is 1. The maximum atomic E-state index is 13.2. The van der Waals surface area contributed by atoms with Gasteiger partial charge in [-0.3, -0.25) is 13.9 Å². The van der Waals surface area contributed by atoms with E-state index in [0.717, 1.165) is 28.4 Å². The van der Waals surface area contributed by atoms with Crippen molar-refractivity contribution in [3.05, 3.63) is 227 Å². The maximum Gasteiger partial charge on any atom is 0.488 e. The van der Waals surface area contributed by atoms with Crippen LogP contribution in [0.25, 0.3) is 33.8 Å².